The summed E-state index contributed by atoms with van der Waals surface area (Å²) < 4.78 is 0. The molecular formula is C11H22N2. The van der Waals surface area contributed by atoms with Crippen LogP contribution in [-0.2, 0) is 0 Å². The summed E-state index contributed by atoms with van der Waals surface area (Å²) in [5.41, 5.74) is 6.60. The van der Waals surface area contributed by atoms with Crippen molar-refractivity contribution in [2.45, 2.75) is 44.6 Å². The van der Waals surface area contributed by atoms with Gasteiger partial charge in [-0.3, -0.25) is 0 Å². The molecule has 13 heavy (non-hydrogen) atoms. The Bertz CT molecular complexity index is 175. The van der Waals surface area contributed by atoms with E-state index in [1.165, 1.54) is 51.7 Å². The first-order valence-electron chi connectivity index (χ1n) is 5.76. The van der Waals surface area contributed by atoms with Crippen LogP contribution in [0.1, 0.15) is 39.0 Å². The second-order valence-corrected chi connectivity index (χ2v) is 4.82. The molecule has 0 radical (unpaired) electrons. The minimum absolute atomic E-state index is 0.230. The summed E-state index contributed by atoms with van der Waals surface area (Å²) in [6, 6.07) is 0. The maximum atomic E-state index is 6.37. The Hall–Kier alpha value is -0.0800. The van der Waals surface area contributed by atoms with E-state index in [1.807, 2.05) is 0 Å². The van der Waals surface area contributed by atoms with Crippen LogP contribution in [0, 0.1) is 5.92 Å². The average molecular weight is 182 g/mol. The summed E-state index contributed by atoms with van der Waals surface area (Å²) in [6.07, 6.45) is 6.63. The van der Waals surface area contributed by atoms with E-state index in [4.69, 9.17) is 5.73 Å². The first-order chi connectivity index (χ1) is 6.24. The van der Waals surface area contributed by atoms with Crippen LogP contribution in [-0.4, -0.2) is 30.1 Å². The molecule has 1 saturated heterocycles. The number of hydrogen-bond acceptors (Lipinski definition) is 2. The third-order valence-corrected chi connectivity index (χ3v) is 4.05. The van der Waals surface area contributed by atoms with Gasteiger partial charge in [0.2, 0.25) is 0 Å². The monoisotopic (exact) mass is 182 g/mol. The largest absolute Gasteiger partial charge is 0.325 e. The molecule has 2 rings (SSSR count). The molecule has 2 N–H and O–H groups in total. The highest BCUT2D eigenvalue weighted by molar-refractivity contribution is 5.00. The topological polar surface area (TPSA) is 29.3 Å². The van der Waals surface area contributed by atoms with Gasteiger partial charge in [-0.05, 0) is 51.1 Å². The van der Waals surface area contributed by atoms with Crippen molar-refractivity contribution in [2.75, 3.05) is 19.6 Å². The van der Waals surface area contributed by atoms with Crippen LogP contribution in [0.3, 0.4) is 0 Å². The summed E-state index contributed by atoms with van der Waals surface area (Å²) in [4.78, 5) is 2.56. The lowest BCUT2D eigenvalue weighted by molar-refractivity contribution is 0.0722. The summed E-state index contributed by atoms with van der Waals surface area (Å²) in [5, 5.41) is 0. The van der Waals surface area contributed by atoms with Gasteiger partial charge in [-0.2, -0.15) is 0 Å². The predicted molar refractivity (Wildman–Crippen MR) is 55.6 cm³/mol. The molecule has 76 valence electrons. The first kappa shape index (κ1) is 9.47. The Balaban J connectivity index is 1.91. The number of likely N-dealkylation sites (tertiary alicyclic amines) is 1. The van der Waals surface area contributed by atoms with Crippen LogP contribution in [0.4, 0.5) is 0 Å². The fraction of sp³-hybridized carbons (Fsp3) is 1.00. The highest BCUT2D eigenvalue weighted by atomic mass is 15.1. The Morgan fingerprint density at radius 2 is 2.15 bits per heavy atom. The summed E-state index contributed by atoms with van der Waals surface area (Å²) in [5.74, 6) is 0.787. The lowest BCUT2D eigenvalue weighted by Gasteiger charge is -2.48. The third-order valence-electron chi connectivity index (χ3n) is 4.05. The molecule has 0 aromatic rings. The second-order valence-electron chi connectivity index (χ2n) is 4.82. The Kier molecular flexibility index (Phi) is 2.61. The maximum absolute atomic E-state index is 6.37. The van der Waals surface area contributed by atoms with Gasteiger partial charge in [0.1, 0.15) is 0 Å². The molecule has 1 heterocycles. The lowest BCUT2D eigenvalue weighted by Crippen LogP contribution is -2.57. The van der Waals surface area contributed by atoms with Gasteiger partial charge >= 0.3 is 0 Å². The maximum Gasteiger partial charge on any atom is 0.0195 e. The van der Waals surface area contributed by atoms with Gasteiger partial charge in [0.15, 0.2) is 0 Å². The summed E-state index contributed by atoms with van der Waals surface area (Å²) in [7, 11) is 0. The van der Waals surface area contributed by atoms with E-state index in [9.17, 15) is 0 Å². The number of nitrogens with two attached hydrogens (primary N) is 1. The molecule has 1 atom stereocenters. The number of hydrogen-bond donors (Lipinski definition) is 1. The summed E-state index contributed by atoms with van der Waals surface area (Å²) in [6.45, 7) is 6.01. The van der Waals surface area contributed by atoms with E-state index in [0.29, 0.717) is 0 Å². The van der Waals surface area contributed by atoms with Crippen LogP contribution in [0.2, 0.25) is 0 Å². The second kappa shape index (κ2) is 3.58. The Labute approximate surface area is 81.5 Å². The number of nitrogens with zero attached hydrogens (tertiary/aromatic N) is 1. The van der Waals surface area contributed by atoms with Crippen molar-refractivity contribution in [3.8, 4) is 0 Å². The highest BCUT2D eigenvalue weighted by Gasteiger charge is 2.41. The minimum Gasteiger partial charge on any atom is -0.325 e. The lowest BCUT2D eigenvalue weighted by atomic mass is 9.66. The van der Waals surface area contributed by atoms with E-state index in [2.05, 4.69) is 11.8 Å². The predicted octanol–water partition coefficient (Wildman–Crippen LogP) is 1.60. The van der Waals surface area contributed by atoms with Gasteiger partial charge < -0.3 is 10.6 Å². The van der Waals surface area contributed by atoms with Crippen molar-refractivity contribution in [3.05, 3.63) is 0 Å². The van der Waals surface area contributed by atoms with Crippen LogP contribution >= 0.6 is 0 Å². The zero-order valence-corrected chi connectivity index (χ0v) is 8.76. The van der Waals surface area contributed by atoms with E-state index < -0.39 is 0 Å². The SMILES string of the molecule is CCN1CCCC(C2(N)CCC2)C1. The minimum atomic E-state index is 0.230. The van der Waals surface area contributed by atoms with Crippen LogP contribution < -0.4 is 5.73 Å². The van der Waals surface area contributed by atoms with Gasteiger partial charge in [0, 0.05) is 12.1 Å². The Morgan fingerprint density at radius 3 is 2.69 bits per heavy atom. The Morgan fingerprint density at radius 1 is 1.38 bits per heavy atom. The number of piperidine rings is 1. The van der Waals surface area contributed by atoms with E-state index >= 15 is 0 Å². The van der Waals surface area contributed by atoms with Crippen molar-refractivity contribution in [1.82, 2.24) is 4.90 Å². The van der Waals surface area contributed by atoms with E-state index in [0.717, 1.165) is 5.92 Å². The van der Waals surface area contributed by atoms with E-state index in [-0.39, 0.29) is 5.54 Å². The van der Waals surface area contributed by atoms with Gasteiger partial charge in [-0.15, -0.1) is 0 Å². The van der Waals surface area contributed by atoms with Crippen LogP contribution in [0.25, 0.3) is 0 Å². The zero-order chi connectivity index (χ0) is 9.31. The quantitative estimate of drug-likeness (QED) is 0.703. The van der Waals surface area contributed by atoms with Gasteiger partial charge in [0.05, 0.1) is 0 Å². The van der Waals surface area contributed by atoms with E-state index in [1.54, 1.807) is 0 Å². The smallest absolute Gasteiger partial charge is 0.0195 e. The number of rotatable bonds is 2. The molecule has 1 aliphatic carbocycles. The van der Waals surface area contributed by atoms with Crippen molar-refractivity contribution >= 4 is 0 Å². The zero-order valence-electron chi connectivity index (χ0n) is 8.76. The van der Waals surface area contributed by atoms with Gasteiger partial charge in [-0.25, -0.2) is 0 Å². The highest BCUT2D eigenvalue weighted by Crippen LogP contribution is 2.39. The summed E-state index contributed by atoms with van der Waals surface area (Å²) >= 11 is 0. The molecule has 0 aromatic carbocycles. The molecule has 2 aliphatic rings. The molecule has 0 aromatic heterocycles. The molecule has 1 saturated carbocycles. The van der Waals surface area contributed by atoms with Crippen LogP contribution in [0.15, 0.2) is 0 Å². The molecular weight excluding hydrogens is 160 g/mol. The average Bonchev–Trinajstić information content (AvgIpc) is 2.14. The normalized spacial score (nSPS) is 34.2. The van der Waals surface area contributed by atoms with Crippen molar-refractivity contribution < 1.29 is 0 Å². The standard InChI is InChI=1S/C11H22N2/c1-2-13-8-3-5-10(9-13)11(12)6-4-7-11/h10H,2-9,12H2,1H3. The fourth-order valence-corrected chi connectivity index (χ4v) is 2.81. The third kappa shape index (κ3) is 1.75. The molecule has 1 aliphatic heterocycles. The molecule has 0 amide bonds. The molecule has 2 nitrogen and oxygen atoms in total. The molecule has 2 fully saturated rings. The molecule has 1 unspecified atom stereocenters. The fourth-order valence-electron chi connectivity index (χ4n) is 2.81. The van der Waals surface area contributed by atoms with Gasteiger partial charge in [-0.1, -0.05) is 6.92 Å². The molecule has 0 spiro atoms. The van der Waals surface area contributed by atoms with Crippen molar-refractivity contribution in [3.63, 3.8) is 0 Å². The first-order valence-corrected chi connectivity index (χ1v) is 5.76. The van der Waals surface area contributed by atoms with Crippen LogP contribution in [0.5, 0.6) is 0 Å². The van der Waals surface area contributed by atoms with Crippen molar-refractivity contribution in [2.24, 2.45) is 11.7 Å². The van der Waals surface area contributed by atoms with Crippen molar-refractivity contribution in [1.29, 1.82) is 0 Å². The molecule has 2 heteroatoms. The van der Waals surface area contributed by atoms with Gasteiger partial charge in [0.25, 0.3) is 0 Å². The molecule has 0 bridgehead atoms.